The Hall–Kier alpha value is -1.40. The fourth-order valence-electron chi connectivity index (χ4n) is 1.69. The molecular weight excluding hydrogens is 260 g/mol. The lowest BCUT2D eigenvalue weighted by atomic mass is 10.0. The van der Waals surface area contributed by atoms with Crippen LogP contribution in [0.25, 0.3) is 0 Å². The van der Waals surface area contributed by atoms with Gasteiger partial charge in [0.05, 0.1) is 6.54 Å². The molecule has 0 aromatic rings. The Morgan fingerprint density at radius 2 is 1.89 bits per heavy atom. The van der Waals surface area contributed by atoms with Gasteiger partial charge in [0, 0.05) is 19.9 Å². The van der Waals surface area contributed by atoms with Crippen LogP contribution >= 0.6 is 0 Å². The van der Waals surface area contributed by atoms with Crippen molar-refractivity contribution in [2.75, 3.05) is 13.1 Å². The Labute approximate surface area is 110 Å². The second-order valence-electron chi connectivity index (χ2n) is 5.54. The highest BCUT2D eigenvalue weighted by atomic mass is 19.3. The Morgan fingerprint density at radius 3 is 2.37 bits per heavy atom. The molecule has 1 aliphatic rings. The quantitative estimate of drug-likeness (QED) is 0.690. The smallest absolute Gasteiger partial charge is 0.410 e. The van der Waals surface area contributed by atoms with Gasteiger partial charge in [0.25, 0.3) is 5.92 Å². The number of carbonyl (C=O) groups is 2. The second kappa shape index (κ2) is 5.30. The monoisotopic (exact) mass is 279 g/mol. The summed E-state index contributed by atoms with van der Waals surface area (Å²) in [6, 6.07) is 0. The van der Waals surface area contributed by atoms with Gasteiger partial charge in [0.2, 0.25) is 0 Å². The molecule has 1 heterocycles. The number of carbonyl (C=O) groups excluding carboxylic acids is 2. The zero-order valence-corrected chi connectivity index (χ0v) is 11.5. The maximum atomic E-state index is 13.5. The molecule has 19 heavy (non-hydrogen) atoms. The summed E-state index contributed by atoms with van der Waals surface area (Å²) >= 11 is 0. The number of hydrogen-bond acceptors (Lipinski definition) is 4. The van der Waals surface area contributed by atoms with Crippen molar-refractivity contribution in [1.82, 2.24) is 4.90 Å². The van der Waals surface area contributed by atoms with E-state index in [4.69, 9.17) is 4.74 Å². The minimum Gasteiger partial charge on any atom is -0.454 e. The highest BCUT2D eigenvalue weighted by Crippen LogP contribution is 2.31. The molecule has 0 radical (unpaired) electrons. The van der Waals surface area contributed by atoms with Crippen LogP contribution in [-0.2, 0) is 14.3 Å². The van der Waals surface area contributed by atoms with E-state index in [0.29, 0.717) is 0 Å². The van der Waals surface area contributed by atoms with E-state index in [0.717, 1.165) is 11.8 Å². The van der Waals surface area contributed by atoms with E-state index in [-0.39, 0.29) is 13.1 Å². The minimum atomic E-state index is -3.12. The molecule has 0 bridgehead atoms. The van der Waals surface area contributed by atoms with Crippen LogP contribution in [-0.4, -0.2) is 47.7 Å². The predicted molar refractivity (Wildman–Crippen MR) is 62.9 cm³/mol. The number of ether oxygens (including phenoxy) is 2. The molecule has 0 aromatic heterocycles. The van der Waals surface area contributed by atoms with Gasteiger partial charge in [-0.15, -0.1) is 0 Å². The zero-order chi connectivity index (χ0) is 14.8. The topological polar surface area (TPSA) is 55.8 Å². The maximum absolute atomic E-state index is 13.5. The van der Waals surface area contributed by atoms with Gasteiger partial charge in [0.1, 0.15) is 5.60 Å². The number of amides is 1. The number of hydrogen-bond donors (Lipinski definition) is 0. The number of halogens is 2. The molecule has 7 heteroatoms. The van der Waals surface area contributed by atoms with Crippen molar-refractivity contribution in [2.45, 2.75) is 51.7 Å². The van der Waals surface area contributed by atoms with Crippen molar-refractivity contribution in [3.05, 3.63) is 0 Å². The molecule has 1 amide bonds. The lowest BCUT2D eigenvalue weighted by Gasteiger charge is -2.37. The van der Waals surface area contributed by atoms with Crippen LogP contribution in [0.1, 0.15) is 34.1 Å². The van der Waals surface area contributed by atoms with Crippen LogP contribution in [0.3, 0.4) is 0 Å². The number of rotatable bonds is 1. The second-order valence-corrected chi connectivity index (χ2v) is 5.54. The van der Waals surface area contributed by atoms with Gasteiger partial charge in [-0.05, 0) is 20.8 Å². The molecule has 1 rings (SSSR count). The standard InChI is InChI=1S/C12H19F2NO4/c1-8(16)18-9-7-15(6-5-12(9,13)14)10(17)19-11(2,3)4/h9H,5-7H2,1-4H3/t9-/m0/s1. The average molecular weight is 279 g/mol. The molecule has 1 saturated heterocycles. The minimum absolute atomic E-state index is 0.125. The van der Waals surface area contributed by atoms with Crippen LogP contribution in [0.2, 0.25) is 0 Å². The van der Waals surface area contributed by atoms with Gasteiger partial charge in [-0.1, -0.05) is 0 Å². The average Bonchev–Trinajstić information content (AvgIpc) is 2.17. The SMILES string of the molecule is CC(=O)O[C@H]1CN(C(=O)OC(C)(C)C)CCC1(F)F. The van der Waals surface area contributed by atoms with Gasteiger partial charge in [-0.3, -0.25) is 4.79 Å². The Kier molecular flexibility index (Phi) is 4.37. The molecule has 5 nitrogen and oxygen atoms in total. The number of piperidine rings is 1. The predicted octanol–water partition coefficient (Wildman–Crippen LogP) is 2.19. The van der Waals surface area contributed by atoms with E-state index in [2.05, 4.69) is 4.74 Å². The van der Waals surface area contributed by atoms with Gasteiger partial charge in [-0.2, -0.15) is 0 Å². The first kappa shape index (κ1) is 15.7. The first-order chi connectivity index (χ1) is 8.51. The van der Waals surface area contributed by atoms with Gasteiger partial charge < -0.3 is 14.4 Å². The number of alkyl halides is 2. The van der Waals surface area contributed by atoms with Gasteiger partial charge in [0.15, 0.2) is 6.10 Å². The highest BCUT2D eigenvalue weighted by molar-refractivity contribution is 5.69. The third kappa shape index (κ3) is 4.65. The fraction of sp³-hybridized carbons (Fsp3) is 0.833. The van der Waals surface area contributed by atoms with Crippen LogP contribution in [0.4, 0.5) is 13.6 Å². The van der Waals surface area contributed by atoms with Crippen molar-refractivity contribution in [2.24, 2.45) is 0 Å². The molecular formula is C12H19F2NO4. The number of esters is 1. The zero-order valence-electron chi connectivity index (χ0n) is 11.5. The van der Waals surface area contributed by atoms with E-state index in [9.17, 15) is 18.4 Å². The lowest BCUT2D eigenvalue weighted by molar-refractivity contribution is -0.185. The summed E-state index contributed by atoms with van der Waals surface area (Å²) in [6.07, 6.45) is -2.85. The van der Waals surface area contributed by atoms with E-state index >= 15 is 0 Å². The van der Waals surface area contributed by atoms with Crippen molar-refractivity contribution >= 4 is 12.1 Å². The Bertz CT molecular complexity index is 365. The van der Waals surface area contributed by atoms with Gasteiger partial charge >= 0.3 is 12.1 Å². The molecule has 0 unspecified atom stereocenters. The van der Waals surface area contributed by atoms with Crippen LogP contribution in [0.15, 0.2) is 0 Å². The first-order valence-corrected chi connectivity index (χ1v) is 6.04. The van der Waals surface area contributed by atoms with Crippen molar-refractivity contribution in [1.29, 1.82) is 0 Å². The summed E-state index contributed by atoms with van der Waals surface area (Å²) in [5, 5.41) is 0. The summed E-state index contributed by atoms with van der Waals surface area (Å²) < 4.78 is 36.8. The molecule has 0 N–H and O–H groups in total. The van der Waals surface area contributed by atoms with Crippen molar-refractivity contribution in [3.63, 3.8) is 0 Å². The van der Waals surface area contributed by atoms with E-state index in [1.165, 1.54) is 0 Å². The number of likely N-dealkylation sites (tertiary alicyclic amines) is 1. The maximum Gasteiger partial charge on any atom is 0.410 e. The molecule has 110 valence electrons. The van der Waals surface area contributed by atoms with Crippen LogP contribution in [0.5, 0.6) is 0 Å². The van der Waals surface area contributed by atoms with Crippen molar-refractivity contribution in [3.8, 4) is 0 Å². The molecule has 0 aromatic carbocycles. The summed E-state index contributed by atoms with van der Waals surface area (Å²) in [5.41, 5.74) is -0.700. The summed E-state index contributed by atoms with van der Waals surface area (Å²) in [4.78, 5) is 23.7. The number of nitrogens with zero attached hydrogens (tertiary/aromatic N) is 1. The Balaban J connectivity index is 2.70. The molecule has 0 saturated carbocycles. The van der Waals surface area contributed by atoms with Crippen molar-refractivity contribution < 1.29 is 27.8 Å². The summed E-state index contributed by atoms with van der Waals surface area (Å²) in [6.45, 7) is 5.64. The lowest BCUT2D eigenvalue weighted by Crippen LogP contribution is -2.54. The van der Waals surface area contributed by atoms with Crippen LogP contribution in [0, 0.1) is 0 Å². The molecule has 1 atom stereocenters. The summed E-state index contributed by atoms with van der Waals surface area (Å²) in [7, 11) is 0. The molecule has 0 spiro atoms. The fourth-order valence-corrected chi connectivity index (χ4v) is 1.69. The van der Waals surface area contributed by atoms with Crippen LogP contribution < -0.4 is 0 Å². The largest absolute Gasteiger partial charge is 0.454 e. The molecule has 1 aliphatic heterocycles. The molecule has 1 fully saturated rings. The third-order valence-electron chi connectivity index (χ3n) is 2.53. The highest BCUT2D eigenvalue weighted by Gasteiger charge is 2.48. The first-order valence-electron chi connectivity index (χ1n) is 6.04. The third-order valence-corrected chi connectivity index (χ3v) is 2.53. The Morgan fingerprint density at radius 1 is 1.32 bits per heavy atom. The molecule has 0 aliphatic carbocycles. The summed E-state index contributed by atoms with van der Waals surface area (Å²) in [5.74, 6) is -3.92. The van der Waals surface area contributed by atoms with E-state index in [1.54, 1.807) is 20.8 Å². The van der Waals surface area contributed by atoms with Gasteiger partial charge in [-0.25, -0.2) is 13.6 Å². The van der Waals surface area contributed by atoms with E-state index in [1.807, 2.05) is 0 Å². The van der Waals surface area contributed by atoms with E-state index < -0.39 is 36.1 Å². The normalized spacial score (nSPS) is 22.8.